The van der Waals surface area contributed by atoms with Gasteiger partial charge in [-0.1, -0.05) is 24.3 Å². The van der Waals surface area contributed by atoms with Crippen LogP contribution >= 0.6 is 0 Å². The fourth-order valence-electron chi connectivity index (χ4n) is 6.10. The molecule has 11 nitrogen and oxygen atoms in total. The Balaban J connectivity index is 1.24. The first-order valence-corrected chi connectivity index (χ1v) is 16.5. The Morgan fingerprint density at radius 1 is 0.938 bits per heavy atom. The molecule has 1 fully saturated rings. The van der Waals surface area contributed by atoms with Crippen LogP contribution in [0.25, 0.3) is 11.1 Å². The van der Waals surface area contributed by atoms with E-state index in [1.165, 1.54) is 0 Å². The molecular weight excluding hydrogens is 608 g/mol. The molecule has 1 aliphatic heterocycles. The first-order valence-electron chi connectivity index (χ1n) is 16.5. The molecule has 1 atom stereocenters. The van der Waals surface area contributed by atoms with Gasteiger partial charge in [-0.05, 0) is 106 Å². The number of carbonyl (C=O) groups excluding carboxylic acids is 3. The molecule has 2 amide bonds. The molecule has 48 heavy (non-hydrogen) atoms. The van der Waals surface area contributed by atoms with Crippen molar-refractivity contribution in [3.63, 3.8) is 0 Å². The number of benzene rings is 2. The standard InChI is InChI=1S/C37H44N6O5/c1-37(2,3)48-36(46)39-22-25-9-13-27(14-10-25)32(44)21-29(34(45)42-30-17-15-28(16-18-30)33-40-23-41-43-33)20-24-7-11-26(12-8-24)31-6-5-19-38-35(31)47-4/h5-8,11-12,15-19,25,27,29H,9-10,13-14,20-23H2,1-4H3,(H,39,46)(H,42,45)/t25?,27?,29-/m1/s1. The summed E-state index contributed by atoms with van der Waals surface area (Å²) in [4.78, 5) is 48.0. The molecule has 0 bridgehead atoms. The lowest BCUT2D eigenvalue weighted by atomic mass is 9.77. The molecule has 0 spiro atoms. The van der Waals surface area contributed by atoms with Crippen LogP contribution in [0, 0.1) is 17.8 Å². The molecule has 2 N–H and O–H groups in total. The average molecular weight is 653 g/mol. The van der Waals surface area contributed by atoms with Crippen molar-refractivity contribution in [2.75, 3.05) is 25.6 Å². The number of azo groups is 1. The summed E-state index contributed by atoms with van der Waals surface area (Å²) in [6, 6.07) is 19.1. The van der Waals surface area contributed by atoms with E-state index >= 15 is 0 Å². The Labute approximate surface area is 281 Å². The number of rotatable bonds is 12. The van der Waals surface area contributed by atoms with Crippen molar-refractivity contribution in [3.05, 3.63) is 78.0 Å². The molecule has 252 valence electrons. The highest BCUT2D eigenvalue weighted by atomic mass is 16.6. The van der Waals surface area contributed by atoms with E-state index in [4.69, 9.17) is 9.47 Å². The molecule has 0 saturated heterocycles. The third-order valence-corrected chi connectivity index (χ3v) is 8.63. The zero-order chi connectivity index (χ0) is 34.1. The maximum absolute atomic E-state index is 13.8. The number of amidine groups is 1. The van der Waals surface area contributed by atoms with Gasteiger partial charge in [-0.3, -0.25) is 9.59 Å². The van der Waals surface area contributed by atoms with Crippen molar-refractivity contribution in [3.8, 4) is 17.0 Å². The zero-order valence-electron chi connectivity index (χ0n) is 28.1. The van der Waals surface area contributed by atoms with E-state index in [0.717, 1.165) is 47.9 Å². The van der Waals surface area contributed by atoms with Crippen molar-refractivity contribution in [1.82, 2.24) is 10.3 Å². The van der Waals surface area contributed by atoms with Gasteiger partial charge in [0.2, 0.25) is 11.8 Å². The minimum absolute atomic E-state index is 0.102. The van der Waals surface area contributed by atoms with Crippen LogP contribution in [0.5, 0.6) is 5.88 Å². The van der Waals surface area contributed by atoms with E-state index in [0.29, 0.717) is 37.0 Å². The molecule has 1 saturated carbocycles. The van der Waals surface area contributed by atoms with Crippen LogP contribution in [0.4, 0.5) is 10.5 Å². The maximum atomic E-state index is 13.8. The van der Waals surface area contributed by atoms with E-state index in [1.54, 1.807) is 13.3 Å². The van der Waals surface area contributed by atoms with E-state index in [9.17, 15) is 14.4 Å². The van der Waals surface area contributed by atoms with Gasteiger partial charge in [-0.15, -0.1) is 5.11 Å². The van der Waals surface area contributed by atoms with Crippen molar-refractivity contribution >= 4 is 29.3 Å². The molecule has 2 aliphatic rings. The minimum atomic E-state index is -0.560. The molecule has 3 aromatic rings. The predicted molar refractivity (Wildman–Crippen MR) is 184 cm³/mol. The highest BCUT2D eigenvalue weighted by Gasteiger charge is 2.31. The predicted octanol–water partition coefficient (Wildman–Crippen LogP) is 7.01. The number of ketones is 1. The summed E-state index contributed by atoms with van der Waals surface area (Å²) in [5.74, 6) is 0.621. The van der Waals surface area contributed by atoms with Crippen LogP contribution in [-0.4, -0.2) is 54.5 Å². The first-order chi connectivity index (χ1) is 23.1. The summed E-state index contributed by atoms with van der Waals surface area (Å²) in [7, 11) is 1.59. The minimum Gasteiger partial charge on any atom is -0.481 e. The number of Topliss-reactive ketones (excluding diaryl/α,β-unsaturated/α-hetero) is 1. The topological polar surface area (TPSA) is 144 Å². The molecule has 11 heteroatoms. The summed E-state index contributed by atoms with van der Waals surface area (Å²) in [5, 5.41) is 13.8. The number of alkyl carbamates (subject to hydrolysis) is 1. The Morgan fingerprint density at radius 2 is 1.65 bits per heavy atom. The second kappa shape index (κ2) is 15.8. The maximum Gasteiger partial charge on any atom is 0.407 e. The Kier molecular flexibility index (Phi) is 11.3. The first kappa shape index (κ1) is 34.4. The Morgan fingerprint density at radius 3 is 2.29 bits per heavy atom. The number of carbonyl (C=O) groups is 3. The van der Waals surface area contributed by atoms with Gasteiger partial charge in [0.1, 0.15) is 11.4 Å². The van der Waals surface area contributed by atoms with Gasteiger partial charge in [0.05, 0.1) is 7.11 Å². The Hall–Kier alpha value is -4.93. The largest absolute Gasteiger partial charge is 0.481 e. The van der Waals surface area contributed by atoms with Crippen molar-refractivity contribution in [1.29, 1.82) is 0 Å². The van der Waals surface area contributed by atoms with Crippen LogP contribution in [0.2, 0.25) is 0 Å². The van der Waals surface area contributed by atoms with Crippen molar-refractivity contribution in [2.45, 2.75) is 64.9 Å². The lowest BCUT2D eigenvalue weighted by molar-refractivity contribution is -0.129. The Bertz CT molecular complexity index is 1640. The van der Waals surface area contributed by atoms with E-state index in [1.807, 2.05) is 81.4 Å². The fraction of sp³-hybridized carbons (Fsp3) is 0.432. The molecule has 1 aliphatic carbocycles. The summed E-state index contributed by atoms with van der Waals surface area (Å²) >= 11 is 0. The number of aromatic nitrogens is 1. The van der Waals surface area contributed by atoms with Crippen LogP contribution in [0.1, 0.15) is 64.0 Å². The molecule has 2 heterocycles. The molecule has 0 radical (unpaired) electrons. The third kappa shape index (κ3) is 9.56. The highest BCUT2D eigenvalue weighted by Crippen LogP contribution is 2.32. The van der Waals surface area contributed by atoms with Gasteiger partial charge in [-0.25, -0.2) is 14.8 Å². The number of anilines is 1. The molecule has 5 rings (SSSR count). The number of aliphatic imine (C=N–C) groups is 1. The lowest BCUT2D eigenvalue weighted by Crippen LogP contribution is -2.37. The zero-order valence-corrected chi connectivity index (χ0v) is 28.1. The normalized spacial score (nSPS) is 18.0. The molecular formula is C37H44N6O5. The van der Waals surface area contributed by atoms with E-state index in [2.05, 4.69) is 30.8 Å². The molecule has 0 unspecified atom stereocenters. The second-order valence-corrected chi connectivity index (χ2v) is 13.4. The van der Waals surface area contributed by atoms with Crippen molar-refractivity contribution < 1.29 is 23.9 Å². The van der Waals surface area contributed by atoms with E-state index in [-0.39, 0.29) is 29.9 Å². The summed E-state index contributed by atoms with van der Waals surface area (Å²) in [5.41, 5.74) is 3.68. The summed E-state index contributed by atoms with van der Waals surface area (Å²) < 4.78 is 10.8. The average Bonchev–Trinajstić information content (AvgIpc) is 3.62. The van der Waals surface area contributed by atoms with Gasteiger partial charge in [0.25, 0.3) is 0 Å². The number of amides is 2. The summed E-state index contributed by atoms with van der Waals surface area (Å²) in [6.07, 6.45) is 4.95. The number of ether oxygens (including phenoxy) is 2. The van der Waals surface area contributed by atoms with Gasteiger partial charge < -0.3 is 20.1 Å². The third-order valence-electron chi connectivity index (χ3n) is 8.63. The van der Waals surface area contributed by atoms with Crippen LogP contribution in [0.3, 0.4) is 0 Å². The summed E-state index contributed by atoms with van der Waals surface area (Å²) in [6.45, 7) is 6.35. The number of hydrogen-bond acceptors (Lipinski definition) is 9. The highest BCUT2D eigenvalue weighted by molar-refractivity contribution is 6.01. The number of pyridine rings is 1. The number of nitrogens with one attached hydrogen (secondary N) is 2. The smallest absolute Gasteiger partial charge is 0.407 e. The van der Waals surface area contributed by atoms with Crippen LogP contribution in [-0.2, 0) is 20.7 Å². The molecule has 2 aromatic carbocycles. The second-order valence-electron chi connectivity index (χ2n) is 13.4. The van der Waals surface area contributed by atoms with E-state index < -0.39 is 17.6 Å². The monoisotopic (exact) mass is 652 g/mol. The van der Waals surface area contributed by atoms with Gasteiger partial charge >= 0.3 is 6.09 Å². The van der Waals surface area contributed by atoms with Crippen molar-refractivity contribution in [2.24, 2.45) is 33.0 Å². The van der Waals surface area contributed by atoms with Gasteiger partial charge in [-0.2, -0.15) is 5.11 Å². The number of nitrogens with zero attached hydrogens (tertiary/aromatic N) is 4. The van der Waals surface area contributed by atoms with Gasteiger partial charge in [0, 0.05) is 47.8 Å². The van der Waals surface area contributed by atoms with Gasteiger partial charge in [0.15, 0.2) is 12.5 Å². The van der Waals surface area contributed by atoms with Crippen LogP contribution < -0.4 is 15.4 Å². The lowest BCUT2D eigenvalue weighted by Gasteiger charge is -2.29. The molecule has 1 aromatic heterocycles. The quantitative estimate of drug-likeness (QED) is 0.215. The SMILES string of the molecule is COc1ncccc1-c1ccc(C[C@H](CC(=O)C2CCC(CNC(=O)OC(C)(C)C)CC2)C(=O)Nc2ccc(C3=NCN=N3)cc2)cc1. The number of methoxy groups -OCH3 is 1. The number of hydrogen-bond donors (Lipinski definition) is 2. The van der Waals surface area contributed by atoms with Crippen LogP contribution in [0.15, 0.2) is 82.1 Å². The fourth-order valence-corrected chi connectivity index (χ4v) is 6.10.